The molecule has 5 heteroatoms. The van der Waals surface area contributed by atoms with E-state index in [0.717, 1.165) is 32.7 Å². The number of carbonyl (C=O) groups excluding carboxylic acids is 1. The van der Waals surface area contributed by atoms with Gasteiger partial charge in [0.25, 0.3) is 0 Å². The van der Waals surface area contributed by atoms with Crippen molar-refractivity contribution in [3.05, 3.63) is 12.7 Å². The van der Waals surface area contributed by atoms with E-state index in [9.17, 15) is 4.79 Å². The number of ether oxygens (including phenoxy) is 1. The summed E-state index contributed by atoms with van der Waals surface area (Å²) in [7, 11) is 1.63. The number of piperazine rings is 1. The molecule has 1 aliphatic rings. The predicted molar refractivity (Wildman–Crippen MR) is 68.0 cm³/mol. The Morgan fingerprint density at radius 3 is 2.59 bits per heavy atom. The summed E-state index contributed by atoms with van der Waals surface area (Å²) in [6.07, 6.45) is 1.92. The van der Waals surface area contributed by atoms with Gasteiger partial charge in [-0.3, -0.25) is 14.6 Å². The molecule has 0 aromatic heterocycles. The Kier molecular flexibility index (Phi) is 6.84. The number of amides is 1. The zero-order chi connectivity index (χ0) is 12.5. The van der Waals surface area contributed by atoms with Crippen molar-refractivity contribution in [2.45, 2.75) is 0 Å². The first-order valence-corrected chi connectivity index (χ1v) is 6.07. The molecule has 1 saturated heterocycles. The highest BCUT2D eigenvalue weighted by Gasteiger charge is 2.17. The third-order valence-electron chi connectivity index (χ3n) is 2.85. The lowest BCUT2D eigenvalue weighted by molar-refractivity contribution is -0.122. The zero-order valence-corrected chi connectivity index (χ0v) is 10.7. The number of hydrogen-bond donors (Lipinski definition) is 1. The van der Waals surface area contributed by atoms with E-state index in [1.165, 1.54) is 0 Å². The first-order chi connectivity index (χ1) is 8.26. The lowest BCUT2D eigenvalue weighted by atomic mass is 10.3. The van der Waals surface area contributed by atoms with E-state index < -0.39 is 0 Å². The van der Waals surface area contributed by atoms with Gasteiger partial charge in [0.1, 0.15) is 0 Å². The Bertz CT molecular complexity index is 238. The van der Waals surface area contributed by atoms with Crippen LogP contribution in [0, 0.1) is 0 Å². The molecule has 1 rings (SSSR count). The third kappa shape index (κ3) is 5.81. The molecule has 0 aromatic rings. The topological polar surface area (TPSA) is 44.8 Å². The van der Waals surface area contributed by atoms with Crippen molar-refractivity contribution in [2.24, 2.45) is 0 Å². The lowest BCUT2D eigenvalue weighted by Gasteiger charge is -2.33. The molecular weight excluding hydrogens is 218 g/mol. The summed E-state index contributed by atoms with van der Waals surface area (Å²) in [4.78, 5) is 16.1. The van der Waals surface area contributed by atoms with E-state index in [2.05, 4.69) is 21.7 Å². The van der Waals surface area contributed by atoms with E-state index in [1.54, 1.807) is 7.11 Å². The second-order valence-electron chi connectivity index (χ2n) is 4.21. The molecule has 1 aliphatic heterocycles. The van der Waals surface area contributed by atoms with Gasteiger partial charge in [0, 0.05) is 46.4 Å². The zero-order valence-electron chi connectivity index (χ0n) is 10.7. The highest BCUT2D eigenvalue weighted by Crippen LogP contribution is 2.00. The molecule has 5 nitrogen and oxygen atoms in total. The van der Waals surface area contributed by atoms with Gasteiger partial charge in [-0.25, -0.2) is 0 Å². The van der Waals surface area contributed by atoms with Gasteiger partial charge >= 0.3 is 0 Å². The second kappa shape index (κ2) is 8.22. The maximum absolute atomic E-state index is 11.6. The fourth-order valence-corrected chi connectivity index (χ4v) is 1.86. The highest BCUT2D eigenvalue weighted by atomic mass is 16.5. The van der Waals surface area contributed by atoms with Crippen molar-refractivity contribution in [3.63, 3.8) is 0 Å². The Balaban J connectivity index is 2.12. The molecule has 0 bridgehead atoms. The molecule has 1 fully saturated rings. The van der Waals surface area contributed by atoms with Crippen LogP contribution in [0.15, 0.2) is 12.7 Å². The average Bonchev–Trinajstić information content (AvgIpc) is 2.32. The van der Waals surface area contributed by atoms with Gasteiger partial charge < -0.3 is 10.1 Å². The molecule has 0 atom stereocenters. The maximum Gasteiger partial charge on any atom is 0.234 e. The number of hydrogen-bond acceptors (Lipinski definition) is 4. The Morgan fingerprint density at radius 1 is 1.35 bits per heavy atom. The molecule has 1 N–H and O–H groups in total. The molecule has 0 aliphatic carbocycles. The number of rotatable bonds is 7. The average molecular weight is 241 g/mol. The first kappa shape index (κ1) is 14.2. The molecule has 0 spiro atoms. The largest absolute Gasteiger partial charge is 0.383 e. The van der Waals surface area contributed by atoms with Crippen LogP contribution in [0.25, 0.3) is 0 Å². The molecule has 98 valence electrons. The molecular formula is C12H23N3O2. The number of methoxy groups -OCH3 is 1. The lowest BCUT2D eigenvalue weighted by Crippen LogP contribution is -2.49. The maximum atomic E-state index is 11.6. The highest BCUT2D eigenvalue weighted by molar-refractivity contribution is 5.77. The Labute approximate surface area is 103 Å². The number of nitrogens with zero attached hydrogens (tertiary/aromatic N) is 2. The van der Waals surface area contributed by atoms with Gasteiger partial charge in [0.15, 0.2) is 0 Å². The van der Waals surface area contributed by atoms with Crippen molar-refractivity contribution >= 4 is 5.91 Å². The van der Waals surface area contributed by atoms with E-state index in [4.69, 9.17) is 4.74 Å². The van der Waals surface area contributed by atoms with Crippen molar-refractivity contribution in [1.82, 2.24) is 15.1 Å². The molecule has 0 aromatic carbocycles. The molecule has 0 unspecified atom stereocenters. The van der Waals surface area contributed by atoms with Crippen molar-refractivity contribution in [3.8, 4) is 0 Å². The summed E-state index contributed by atoms with van der Waals surface area (Å²) in [6.45, 7) is 10.2. The fourth-order valence-electron chi connectivity index (χ4n) is 1.86. The van der Waals surface area contributed by atoms with Crippen LogP contribution < -0.4 is 5.32 Å². The number of nitrogens with one attached hydrogen (secondary N) is 1. The molecule has 1 amide bonds. The van der Waals surface area contributed by atoms with Gasteiger partial charge in [-0.2, -0.15) is 0 Å². The van der Waals surface area contributed by atoms with Gasteiger partial charge in [-0.05, 0) is 0 Å². The van der Waals surface area contributed by atoms with Crippen LogP contribution in [0.4, 0.5) is 0 Å². The van der Waals surface area contributed by atoms with Gasteiger partial charge in [-0.15, -0.1) is 6.58 Å². The summed E-state index contributed by atoms with van der Waals surface area (Å²) in [5, 5.41) is 2.83. The summed E-state index contributed by atoms with van der Waals surface area (Å²) >= 11 is 0. The van der Waals surface area contributed by atoms with Gasteiger partial charge in [0.2, 0.25) is 5.91 Å². The van der Waals surface area contributed by atoms with E-state index >= 15 is 0 Å². The van der Waals surface area contributed by atoms with Crippen LogP contribution in [0.5, 0.6) is 0 Å². The van der Waals surface area contributed by atoms with Crippen LogP contribution in [0.3, 0.4) is 0 Å². The van der Waals surface area contributed by atoms with E-state index in [0.29, 0.717) is 19.7 Å². The van der Waals surface area contributed by atoms with Crippen molar-refractivity contribution in [1.29, 1.82) is 0 Å². The minimum Gasteiger partial charge on any atom is -0.383 e. The molecule has 0 saturated carbocycles. The van der Waals surface area contributed by atoms with Crippen LogP contribution in [0.1, 0.15) is 0 Å². The minimum absolute atomic E-state index is 0.0826. The van der Waals surface area contributed by atoms with Crippen molar-refractivity contribution in [2.75, 3.05) is 59.5 Å². The fraction of sp³-hybridized carbons (Fsp3) is 0.750. The van der Waals surface area contributed by atoms with E-state index in [-0.39, 0.29) is 5.91 Å². The smallest absolute Gasteiger partial charge is 0.234 e. The quantitative estimate of drug-likeness (QED) is 0.484. The SMILES string of the molecule is C=CCN1CCN(CC(=O)NCCOC)CC1. The summed E-state index contributed by atoms with van der Waals surface area (Å²) in [5.41, 5.74) is 0. The third-order valence-corrected chi connectivity index (χ3v) is 2.85. The molecule has 0 radical (unpaired) electrons. The van der Waals surface area contributed by atoms with Crippen molar-refractivity contribution < 1.29 is 9.53 Å². The van der Waals surface area contributed by atoms with Crippen LogP contribution in [0.2, 0.25) is 0 Å². The van der Waals surface area contributed by atoms with E-state index in [1.807, 2.05) is 6.08 Å². The molecule has 17 heavy (non-hydrogen) atoms. The van der Waals surface area contributed by atoms with Crippen LogP contribution >= 0.6 is 0 Å². The summed E-state index contributed by atoms with van der Waals surface area (Å²) in [6, 6.07) is 0. The summed E-state index contributed by atoms with van der Waals surface area (Å²) in [5.74, 6) is 0.0826. The van der Waals surface area contributed by atoms with Crippen LogP contribution in [-0.4, -0.2) is 75.2 Å². The molecule has 1 heterocycles. The van der Waals surface area contributed by atoms with Crippen LogP contribution in [-0.2, 0) is 9.53 Å². The van der Waals surface area contributed by atoms with Gasteiger partial charge in [-0.1, -0.05) is 6.08 Å². The minimum atomic E-state index is 0.0826. The predicted octanol–water partition coefficient (Wildman–Crippen LogP) is -0.447. The summed E-state index contributed by atoms with van der Waals surface area (Å²) < 4.78 is 4.88. The Hall–Kier alpha value is -0.910. The monoisotopic (exact) mass is 241 g/mol. The second-order valence-corrected chi connectivity index (χ2v) is 4.21. The standard InChI is InChI=1S/C12H23N3O2/c1-3-5-14-6-8-15(9-7-14)11-12(16)13-4-10-17-2/h3H,1,4-11H2,2H3,(H,13,16). The first-order valence-electron chi connectivity index (χ1n) is 6.07. The van der Waals surface area contributed by atoms with Gasteiger partial charge in [0.05, 0.1) is 13.2 Å². The number of carbonyl (C=O) groups is 1. The normalized spacial score (nSPS) is 17.9. The Morgan fingerprint density at radius 2 is 2.00 bits per heavy atom.